The van der Waals surface area contributed by atoms with Gasteiger partial charge in [0.25, 0.3) is 5.82 Å². The highest BCUT2D eigenvalue weighted by molar-refractivity contribution is 7.10. The molecule has 1 unspecified atom stereocenters. The summed E-state index contributed by atoms with van der Waals surface area (Å²) in [4.78, 5) is 4.43. The van der Waals surface area contributed by atoms with Gasteiger partial charge in [-0.05, 0) is 55.7 Å². The van der Waals surface area contributed by atoms with Crippen molar-refractivity contribution in [3.8, 4) is 0 Å². The van der Waals surface area contributed by atoms with Gasteiger partial charge in [0.15, 0.2) is 0 Å². The molecule has 1 saturated carbocycles. The summed E-state index contributed by atoms with van der Waals surface area (Å²) in [6.07, 6.45) is 7.61. The molecule has 2 aromatic rings. The molecular weight excluding hydrogens is 276 g/mol. The van der Waals surface area contributed by atoms with Crippen LogP contribution in [0.3, 0.4) is 0 Å². The number of rotatable bonds is 1. The number of pyridine rings is 1. The number of anilines is 1. The van der Waals surface area contributed by atoms with E-state index in [1.165, 1.54) is 31.5 Å². The van der Waals surface area contributed by atoms with Crippen LogP contribution in [0.1, 0.15) is 43.0 Å². The molecule has 1 atom stereocenters. The maximum Gasteiger partial charge on any atom is 0.277 e. The van der Waals surface area contributed by atoms with Crippen LogP contribution in [0, 0.1) is 0 Å². The third-order valence-corrected chi connectivity index (χ3v) is 7.62. The molecule has 3 aliphatic heterocycles. The molecule has 3 fully saturated rings. The molecule has 2 bridgehead atoms. The fourth-order valence-corrected chi connectivity index (χ4v) is 6.72. The maximum atomic E-state index is 2.76. The molecule has 0 aromatic carbocycles. The maximum absolute atomic E-state index is 2.76. The molecule has 0 N–H and O–H groups in total. The molecule has 2 nitrogen and oxygen atoms in total. The number of thiophene rings is 1. The second-order valence-electron chi connectivity index (χ2n) is 7.07. The van der Waals surface area contributed by atoms with E-state index in [-0.39, 0.29) is 5.54 Å². The molecule has 108 valence electrons. The predicted molar refractivity (Wildman–Crippen MR) is 85.7 cm³/mol. The first-order chi connectivity index (χ1) is 10.2. The average Bonchev–Trinajstić information content (AvgIpc) is 3.02. The second kappa shape index (κ2) is 3.70. The van der Waals surface area contributed by atoms with Crippen LogP contribution >= 0.6 is 11.3 Å². The van der Waals surface area contributed by atoms with Crippen molar-refractivity contribution in [1.29, 1.82) is 0 Å². The zero-order valence-electron chi connectivity index (χ0n) is 12.7. The van der Waals surface area contributed by atoms with Crippen molar-refractivity contribution in [2.24, 2.45) is 7.05 Å². The molecule has 0 amide bonds. The topological polar surface area (TPSA) is 7.12 Å². The largest absolute Gasteiger partial charge is 0.277 e. The van der Waals surface area contributed by atoms with Gasteiger partial charge in [-0.1, -0.05) is 6.07 Å². The first kappa shape index (κ1) is 12.2. The lowest BCUT2D eigenvalue weighted by Gasteiger charge is -2.64. The minimum absolute atomic E-state index is 0.266. The predicted octanol–water partition coefficient (Wildman–Crippen LogP) is 3.50. The van der Waals surface area contributed by atoms with E-state index in [0.29, 0.717) is 11.5 Å². The summed E-state index contributed by atoms with van der Waals surface area (Å²) in [5.41, 5.74) is 2.35. The minimum atomic E-state index is 0.266. The van der Waals surface area contributed by atoms with Crippen molar-refractivity contribution in [2.75, 3.05) is 4.90 Å². The van der Waals surface area contributed by atoms with Gasteiger partial charge in [-0.25, -0.2) is 9.47 Å². The van der Waals surface area contributed by atoms with Crippen LogP contribution in [0.25, 0.3) is 0 Å². The quantitative estimate of drug-likeness (QED) is 0.731. The molecule has 3 heteroatoms. The Balaban J connectivity index is 1.80. The highest BCUT2D eigenvalue weighted by atomic mass is 32.1. The van der Waals surface area contributed by atoms with Crippen LogP contribution in [-0.4, -0.2) is 6.04 Å². The Hall–Kier alpha value is -1.35. The van der Waals surface area contributed by atoms with E-state index in [2.05, 4.69) is 59.3 Å². The van der Waals surface area contributed by atoms with E-state index in [4.69, 9.17) is 0 Å². The Kier molecular flexibility index (Phi) is 2.15. The third-order valence-electron chi connectivity index (χ3n) is 6.52. The molecule has 0 radical (unpaired) electrons. The molecular formula is C18H21N2S+. The van der Waals surface area contributed by atoms with Crippen molar-refractivity contribution in [2.45, 2.75) is 49.6 Å². The first-order valence-electron chi connectivity index (χ1n) is 8.02. The van der Waals surface area contributed by atoms with Crippen molar-refractivity contribution in [3.05, 3.63) is 46.3 Å². The number of aromatic nitrogens is 1. The normalized spacial score (nSPS) is 36.1. The molecule has 0 spiro atoms. The SMILES string of the molecule is CC1N(c2cccc[n+]2C)C23CCC1(CC2)c1ccsc13. The molecule has 21 heavy (non-hydrogen) atoms. The van der Waals surface area contributed by atoms with Gasteiger partial charge in [-0.15, -0.1) is 11.3 Å². The van der Waals surface area contributed by atoms with Gasteiger partial charge in [0.05, 0.1) is 18.1 Å². The van der Waals surface area contributed by atoms with Gasteiger partial charge in [-0.3, -0.25) is 0 Å². The first-order valence-corrected chi connectivity index (χ1v) is 8.89. The van der Waals surface area contributed by atoms with Gasteiger partial charge in [0.1, 0.15) is 11.6 Å². The smallest absolute Gasteiger partial charge is 0.248 e. The fourth-order valence-electron chi connectivity index (χ4n) is 5.46. The van der Waals surface area contributed by atoms with Gasteiger partial charge >= 0.3 is 0 Å². The molecule has 8 rings (SSSR count). The number of hydrogen-bond acceptors (Lipinski definition) is 2. The standard InChI is InChI=1S/C18H21N2S/c1-13-17-7-9-18(10-8-17,16-14(17)6-12-21-16)20(13)15-5-3-4-11-19(15)2/h3-6,11-13H,7-10H2,1-2H3/q+1. The lowest BCUT2D eigenvalue weighted by atomic mass is 9.49. The van der Waals surface area contributed by atoms with Crippen LogP contribution in [0.15, 0.2) is 35.8 Å². The van der Waals surface area contributed by atoms with Crippen LogP contribution < -0.4 is 9.47 Å². The van der Waals surface area contributed by atoms with Crippen LogP contribution in [-0.2, 0) is 18.0 Å². The van der Waals surface area contributed by atoms with Gasteiger partial charge in [-0.2, -0.15) is 0 Å². The summed E-state index contributed by atoms with van der Waals surface area (Å²) in [5.74, 6) is 1.38. The summed E-state index contributed by atoms with van der Waals surface area (Å²) in [6, 6.07) is 9.63. The molecule has 6 aliphatic rings. The third kappa shape index (κ3) is 1.20. The lowest BCUT2D eigenvalue weighted by molar-refractivity contribution is -0.659. The number of hydrogen-bond donors (Lipinski definition) is 0. The van der Waals surface area contributed by atoms with Gasteiger partial charge in [0, 0.05) is 11.5 Å². The molecule has 2 aromatic heterocycles. The van der Waals surface area contributed by atoms with E-state index in [9.17, 15) is 0 Å². The van der Waals surface area contributed by atoms with E-state index in [1.807, 2.05) is 11.3 Å². The van der Waals surface area contributed by atoms with Crippen LogP contribution in [0.4, 0.5) is 5.82 Å². The second-order valence-corrected chi connectivity index (χ2v) is 7.98. The number of piperidine rings is 2. The zero-order valence-corrected chi connectivity index (χ0v) is 13.5. The monoisotopic (exact) mass is 297 g/mol. The van der Waals surface area contributed by atoms with E-state index < -0.39 is 0 Å². The highest BCUT2D eigenvalue weighted by Crippen LogP contribution is 2.67. The Labute approximate surface area is 130 Å². The van der Waals surface area contributed by atoms with E-state index >= 15 is 0 Å². The van der Waals surface area contributed by atoms with Gasteiger partial charge < -0.3 is 0 Å². The van der Waals surface area contributed by atoms with Crippen molar-refractivity contribution in [1.82, 2.24) is 0 Å². The average molecular weight is 297 g/mol. The molecule has 3 aliphatic carbocycles. The Bertz CT molecular complexity index is 724. The van der Waals surface area contributed by atoms with Crippen molar-refractivity contribution >= 4 is 17.2 Å². The van der Waals surface area contributed by atoms with Crippen molar-refractivity contribution < 1.29 is 4.57 Å². The summed E-state index contributed by atoms with van der Waals surface area (Å²) >= 11 is 1.99. The Morgan fingerprint density at radius 3 is 2.76 bits per heavy atom. The molecule has 2 saturated heterocycles. The summed E-state index contributed by atoms with van der Waals surface area (Å²) in [6.45, 7) is 2.46. The Morgan fingerprint density at radius 1 is 1.19 bits per heavy atom. The van der Waals surface area contributed by atoms with Crippen molar-refractivity contribution in [3.63, 3.8) is 0 Å². The number of nitrogens with zero attached hydrogens (tertiary/aromatic N) is 2. The summed E-state index contributed by atoms with van der Waals surface area (Å²) in [7, 11) is 2.18. The zero-order chi connectivity index (χ0) is 14.2. The summed E-state index contributed by atoms with van der Waals surface area (Å²) in [5, 5.41) is 2.33. The summed E-state index contributed by atoms with van der Waals surface area (Å²) < 4.78 is 2.30. The van der Waals surface area contributed by atoms with E-state index in [0.717, 1.165) is 0 Å². The highest BCUT2D eigenvalue weighted by Gasteiger charge is 2.69. The Morgan fingerprint density at radius 2 is 2.00 bits per heavy atom. The number of aryl methyl sites for hydroxylation is 1. The van der Waals surface area contributed by atoms with Crippen LogP contribution in [0.2, 0.25) is 0 Å². The van der Waals surface area contributed by atoms with Crippen LogP contribution in [0.5, 0.6) is 0 Å². The lowest BCUT2D eigenvalue weighted by Crippen LogP contribution is -2.72. The molecule has 5 heterocycles. The van der Waals surface area contributed by atoms with E-state index in [1.54, 1.807) is 10.4 Å². The fraction of sp³-hybridized carbons (Fsp3) is 0.500. The minimum Gasteiger partial charge on any atom is -0.248 e. The van der Waals surface area contributed by atoms with Gasteiger partial charge in [0.2, 0.25) is 0 Å².